The fourth-order valence-electron chi connectivity index (χ4n) is 1.38. The Balaban J connectivity index is 3.80. The van der Waals surface area contributed by atoms with E-state index in [4.69, 9.17) is 5.11 Å². The van der Waals surface area contributed by atoms with Gasteiger partial charge in [-0.25, -0.2) is 4.79 Å². The van der Waals surface area contributed by atoms with Gasteiger partial charge in [0.15, 0.2) is 0 Å². The van der Waals surface area contributed by atoms with E-state index in [-0.39, 0.29) is 18.8 Å². The van der Waals surface area contributed by atoms with Gasteiger partial charge in [0.25, 0.3) is 0 Å². The fraction of sp³-hybridized carbons (Fsp3) is 0.750. The molecule has 0 aliphatic rings. The van der Waals surface area contributed by atoms with Gasteiger partial charge in [-0.2, -0.15) is 0 Å². The van der Waals surface area contributed by atoms with E-state index < -0.39 is 17.9 Å². The maximum atomic E-state index is 11.4. The van der Waals surface area contributed by atoms with Gasteiger partial charge in [-0.1, -0.05) is 20.8 Å². The van der Waals surface area contributed by atoms with Crippen LogP contribution < -0.4 is 10.6 Å². The van der Waals surface area contributed by atoms with Crippen LogP contribution >= 0.6 is 0 Å². The molecule has 3 N–H and O–H groups in total. The number of nitrogens with one attached hydrogen (secondary N) is 2. The molecule has 0 heterocycles. The number of amides is 3. The zero-order chi connectivity index (χ0) is 14.1. The van der Waals surface area contributed by atoms with Gasteiger partial charge in [0.2, 0.25) is 5.91 Å². The maximum absolute atomic E-state index is 11.4. The van der Waals surface area contributed by atoms with Crippen LogP contribution in [0.5, 0.6) is 0 Å². The molecule has 1 atom stereocenters. The number of urea groups is 1. The third-order valence-electron chi connectivity index (χ3n) is 2.32. The van der Waals surface area contributed by atoms with Crippen LogP contribution in [0.4, 0.5) is 4.79 Å². The second kappa shape index (κ2) is 8.49. The first-order valence-electron chi connectivity index (χ1n) is 6.10. The maximum Gasteiger partial charge on any atom is 0.321 e. The van der Waals surface area contributed by atoms with Crippen LogP contribution in [-0.2, 0) is 9.59 Å². The lowest BCUT2D eigenvalue weighted by atomic mass is 10.0. The molecule has 0 aliphatic heterocycles. The van der Waals surface area contributed by atoms with E-state index in [0.29, 0.717) is 12.5 Å². The molecule has 6 heteroatoms. The first kappa shape index (κ1) is 16.4. The van der Waals surface area contributed by atoms with Crippen molar-refractivity contribution in [1.29, 1.82) is 0 Å². The summed E-state index contributed by atoms with van der Waals surface area (Å²) in [6.45, 7) is 6.25. The molecule has 0 radical (unpaired) electrons. The molecule has 3 amide bonds. The number of aliphatic carboxylic acids is 1. The van der Waals surface area contributed by atoms with E-state index in [1.54, 1.807) is 6.92 Å². The van der Waals surface area contributed by atoms with E-state index in [0.717, 1.165) is 6.42 Å². The monoisotopic (exact) mass is 258 g/mol. The van der Waals surface area contributed by atoms with Crippen molar-refractivity contribution in [1.82, 2.24) is 10.6 Å². The number of carboxylic acids is 1. The summed E-state index contributed by atoms with van der Waals surface area (Å²) in [4.78, 5) is 33.1. The topological polar surface area (TPSA) is 95.5 Å². The lowest BCUT2D eigenvalue weighted by Gasteiger charge is -2.10. The molecule has 0 saturated heterocycles. The summed E-state index contributed by atoms with van der Waals surface area (Å²) in [7, 11) is 0. The van der Waals surface area contributed by atoms with Crippen LogP contribution in [-0.4, -0.2) is 29.6 Å². The Labute approximate surface area is 107 Å². The predicted molar refractivity (Wildman–Crippen MR) is 67.0 cm³/mol. The molecule has 1 unspecified atom stereocenters. The number of carboxylic acid groups (broad SMARTS) is 1. The second-order valence-corrected chi connectivity index (χ2v) is 4.89. The van der Waals surface area contributed by atoms with Crippen LogP contribution in [0.2, 0.25) is 0 Å². The van der Waals surface area contributed by atoms with E-state index >= 15 is 0 Å². The van der Waals surface area contributed by atoms with E-state index in [1.165, 1.54) is 0 Å². The highest BCUT2D eigenvalue weighted by atomic mass is 16.4. The third-order valence-corrected chi connectivity index (χ3v) is 2.32. The summed E-state index contributed by atoms with van der Waals surface area (Å²) in [5.74, 6) is -1.20. The second-order valence-electron chi connectivity index (χ2n) is 4.89. The van der Waals surface area contributed by atoms with Crippen molar-refractivity contribution < 1.29 is 19.5 Å². The average molecular weight is 258 g/mol. The van der Waals surface area contributed by atoms with Crippen LogP contribution in [0, 0.1) is 11.8 Å². The number of carbonyl (C=O) groups is 3. The SMILES string of the molecule is CC(C)CCNC(=O)NC(=O)CC(C)CC(=O)O. The standard InChI is InChI=1S/C12H22N2O4/c1-8(2)4-5-13-12(18)14-10(15)6-9(3)7-11(16)17/h8-9H,4-7H2,1-3H3,(H,16,17)(H2,13,14,15,18). The van der Waals surface area contributed by atoms with Crippen molar-refractivity contribution in [3.63, 3.8) is 0 Å². The predicted octanol–water partition coefficient (Wildman–Crippen LogP) is 1.36. The minimum Gasteiger partial charge on any atom is -0.481 e. The highest BCUT2D eigenvalue weighted by molar-refractivity contribution is 5.94. The summed E-state index contributed by atoms with van der Waals surface area (Å²) < 4.78 is 0. The number of rotatable bonds is 7. The lowest BCUT2D eigenvalue weighted by molar-refractivity contribution is -0.138. The third kappa shape index (κ3) is 9.62. The summed E-state index contributed by atoms with van der Waals surface area (Å²) in [6, 6.07) is -0.525. The Hall–Kier alpha value is -1.59. The largest absolute Gasteiger partial charge is 0.481 e. The van der Waals surface area contributed by atoms with Gasteiger partial charge in [0.1, 0.15) is 0 Å². The van der Waals surface area contributed by atoms with Crippen LogP contribution in [0.15, 0.2) is 0 Å². The van der Waals surface area contributed by atoms with Crippen molar-refractivity contribution in [2.45, 2.75) is 40.0 Å². The Bertz CT molecular complexity index is 302. The van der Waals surface area contributed by atoms with Crippen LogP contribution in [0.25, 0.3) is 0 Å². The van der Waals surface area contributed by atoms with Gasteiger partial charge in [0.05, 0.1) is 0 Å². The molecular weight excluding hydrogens is 236 g/mol. The van der Waals surface area contributed by atoms with Crippen LogP contribution in [0.1, 0.15) is 40.0 Å². The quantitative estimate of drug-likeness (QED) is 0.642. The molecule has 0 fully saturated rings. The normalized spacial score (nSPS) is 12.0. The minimum atomic E-state index is -0.948. The van der Waals surface area contributed by atoms with E-state index in [1.807, 2.05) is 13.8 Å². The molecule has 0 saturated carbocycles. The molecule has 0 aromatic rings. The summed E-state index contributed by atoms with van der Waals surface area (Å²) >= 11 is 0. The Morgan fingerprint density at radius 3 is 2.22 bits per heavy atom. The molecule has 0 spiro atoms. The van der Waals surface area contributed by atoms with E-state index in [9.17, 15) is 14.4 Å². The van der Waals surface area contributed by atoms with Crippen molar-refractivity contribution in [3.8, 4) is 0 Å². The number of carbonyl (C=O) groups excluding carboxylic acids is 2. The fourth-order valence-corrected chi connectivity index (χ4v) is 1.38. The van der Waals surface area contributed by atoms with Crippen LogP contribution in [0.3, 0.4) is 0 Å². The average Bonchev–Trinajstić information content (AvgIpc) is 2.14. The highest BCUT2D eigenvalue weighted by Gasteiger charge is 2.14. The van der Waals surface area contributed by atoms with Crippen molar-refractivity contribution >= 4 is 17.9 Å². The van der Waals surface area contributed by atoms with Crippen molar-refractivity contribution in [2.75, 3.05) is 6.54 Å². The van der Waals surface area contributed by atoms with Gasteiger partial charge in [-0.15, -0.1) is 0 Å². The minimum absolute atomic E-state index is 0.0316. The Morgan fingerprint density at radius 1 is 1.11 bits per heavy atom. The smallest absolute Gasteiger partial charge is 0.321 e. The molecule has 0 aliphatic carbocycles. The molecular formula is C12H22N2O4. The summed E-state index contributed by atoms with van der Waals surface area (Å²) in [6.07, 6.45) is 0.795. The lowest BCUT2D eigenvalue weighted by Crippen LogP contribution is -2.40. The van der Waals surface area contributed by atoms with E-state index in [2.05, 4.69) is 10.6 Å². The number of imide groups is 1. The zero-order valence-electron chi connectivity index (χ0n) is 11.2. The Kier molecular flexibility index (Phi) is 7.74. The van der Waals surface area contributed by atoms with Gasteiger partial charge in [-0.05, 0) is 18.3 Å². The van der Waals surface area contributed by atoms with Gasteiger partial charge in [0, 0.05) is 19.4 Å². The van der Waals surface area contributed by atoms with Crippen molar-refractivity contribution in [2.24, 2.45) is 11.8 Å². The molecule has 0 bridgehead atoms. The highest BCUT2D eigenvalue weighted by Crippen LogP contribution is 2.06. The van der Waals surface area contributed by atoms with Crippen molar-refractivity contribution in [3.05, 3.63) is 0 Å². The molecule has 0 rings (SSSR count). The number of hydrogen-bond donors (Lipinski definition) is 3. The van der Waals surface area contributed by atoms with Gasteiger partial charge in [-0.3, -0.25) is 14.9 Å². The molecule has 0 aromatic heterocycles. The first-order chi connectivity index (χ1) is 8.31. The Morgan fingerprint density at radius 2 is 1.72 bits per heavy atom. The molecule has 104 valence electrons. The molecule has 0 aromatic carbocycles. The summed E-state index contributed by atoms with van der Waals surface area (Å²) in [5, 5.41) is 13.3. The van der Waals surface area contributed by atoms with Gasteiger partial charge < -0.3 is 10.4 Å². The number of hydrogen-bond acceptors (Lipinski definition) is 3. The summed E-state index contributed by atoms with van der Waals surface area (Å²) in [5.41, 5.74) is 0. The molecule has 18 heavy (non-hydrogen) atoms. The van der Waals surface area contributed by atoms with Gasteiger partial charge >= 0.3 is 12.0 Å². The molecule has 6 nitrogen and oxygen atoms in total. The first-order valence-corrected chi connectivity index (χ1v) is 6.10. The zero-order valence-corrected chi connectivity index (χ0v) is 11.2.